The molecule has 1 aliphatic rings. The van der Waals surface area contributed by atoms with Crippen LogP contribution in [0.3, 0.4) is 0 Å². The average molecular weight is 285 g/mol. The molecule has 116 valence electrons. The van der Waals surface area contributed by atoms with Gasteiger partial charge in [-0.05, 0) is 58.8 Å². The van der Waals surface area contributed by atoms with Gasteiger partial charge in [0.2, 0.25) is 0 Å². The van der Waals surface area contributed by atoms with Gasteiger partial charge < -0.3 is 14.8 Å². The van der Waals surface area contributed by atoms with Crippen LogP contribution in [0.5, 0.6) is 0 Å². The summed E-state index contributed by atoms with van der Waals surface area (Å²) >= 11 is 0. The highest BCUT2D eigenvalue weighted by atomic mass is 16.6. The third kappa shape index (κ3) is 6.26. The van der Waals surface area contributed by atoms with Gasteiger partial charge in [0.1, 0.15) is 11.6 Å². The summed E-state index contributed by atoms with van der Waals surface area (Å²) in [6.07, 6.45) is 3.31. The highest BCUT2D eigenvalue weighted by Gasteiger charge is 2.38. The van der Waals surface area contributed by atoms with Crippen LogP contribution in [0, 0.1) is 5.41 Å². The summed E-state index contributed by atoms with van der Waals surface area (Å²) < 4.78 is 10.2. The maximum atomic E-state index is 11.9. The predicted molar refractivity (Wildman–Crippen MR) is 76.4 cm³/mol. The van der Waals surface area contributed by atoms with Crippen LogP contribution in [0.25, 0.3) is 0 Å². The first-order valence-electron chi connectivity index (χ1n) is 7.31. The van der Waals surface area contributed by atoms with Gasteiger partial charge in [-0.25, -0.2) is 9.59 Å². The summed E-state index contributed by atoms with van der Waals surface area (Å²) in [6.45, 7) is 9.63. The van der Waals surface area contributed by atoms with Crippen molar-refractivity contribution in [3.63, 3.8) is 0 Å². The molecule has 0 spiro atoms. The Bertz CT molecular complexity index is 355. The molecule has 1 N–H and O–H groups in total. The first kappa shape index (κ1) is 16.8. The minimum Gasteiger partial charge on any atom is -0.464 e. The number of hydrogen-bond donors (Lipinski definition) is 1. The fourth-order valence-electron chi connectivity index (χ4n) is 1.90. The fourth-order valence-corrected chi connectivity index (χ4v) is 1.90. The van der Waals surface area contributed by atoms with Crippen molar-refractivity contribution in [3.05, 3.63) is 0 Å². The van der Waals surface area contributed by atoms with Gasteiger partial charge >= 0.3 is 12.1 Å². The van der Waals surface area contributed by atoms with Crippen molar-refractivity contribution in [2.24, 2.45) is 5.41 Å². The van der Waals surface area contributed by atoms with E-state index in [-0.39, 0.29) is 5.97 Å². The molecule has 0 aromatic carbocycles. The third-order valence-corrected chi connectivity index (χ3v) is 3.40. The van der Waals surface area contributed by atoms with Crippen molar-refractivity contribution in [1.82, 2.24) is 5.32 Å². The van der Waals surface area contributed by atoms with Crippen LogP contribution < -0.4 is 5.32 Å². The number of hydrogen-bond acceptors (Lipinski definition) is 4. The van der Waals surface area contributed by atoms with Crippen LogP contribution in [-0.2, 0) is 14.3 Å². The summed E-state index contributed by atoms with van der Waals surface area (Å²) in [5.41, 5.74) is -0.244. The molecule has 1 saturated carbocycles. The number of nitrogens with one attached hydrogen (secondary N) is 1. The van der Waals surface area contributed by atoms with E-state index in [1.54, 1.807) is 27.7 Å². The smallest absolute Gasteiger partial charge is 0.408 e. The van der Waals surface area contributed by atoms with Crippen molar-refractivity contribution >= 4 is 12.1 Å². The van der Waals surface area contributed by atoms with E-state index in [1.807, 2.05) is 0 Å². The molecule has 0 aromatic rings. The molecule has 5 heteroatoms. The van der Waals surface area contributed by atoms with E-state index >= 15 is 0 Å². The van der Waals surface area contributed by atoms with E-state index in [2.05, 4.69) is 12.2 Å². The average Bonchev–Trinajstić information content (AvgIpc) is 3.01. The largest absolute Gasteiger partial charge is 0.464 e. The lowest BCUT2D eigenvalue weighted by Crippen LogP contribution is -2.44. The van der Waals surface area contributed by atoms with Crippen molar-refractivity contribution in [1.29, 1.82) is 0 Å². The van der Waals surface area contributed by atoms with Gasteiger partial charge in [-0.1, -0.05) is 6.92 Å². The van der Waals surface area contributed by atoms with E-state index in [0.717, 1.165) is 6.42 Å². The van der Waals surface area contributed by atoms with Crippen LogP contribution in [0.1, 0.15) is 60.3 Å². The van der Waals surface area contributed by atoms with Crippen molar-refractivity contribution < 1.29 is 19.1 Å². The third-order valence-electron chi connectivity index (χ3n) is 3.40. The molecule has 1 fully saturated rings. The zero-order valence-electron chi connectivity index (χ0n) is 13.2. The topological polar surface area (TPSA) is 64.6 Å². The molecule has 5 nitrogen and oxygen atoms in total. The lowest BCUT2D eigenvalue weighted by atomic mass is 9.99. The maximum Gasteiger partial charge on any atom is 0.408 e. The number of carbonyl (C=O) groups is 2. The first-order valence-corrected chi connectivity index (χ1v) is 7.31. The standard InChI is InChI=1S/C15H27NO4/c1-6-19-12(17)11(7-8-15(5)9-10-15)16-13(18)20-14(2,3)4/h11H,6-10H2,1-5H3,(H,16,18). The summed E-state index contributed by atoms with van der Waals surface area (Å²) in [5.74, 6) is -0.386. The van der Waals surface area contributed by atoms with Gasteiger partial charge in [0.05, 0.1) is 6.61 Å². The van der Waals surface area contributed by atoms with Crippen LogP contribution in [-0.4, -0.2) is 30.3 Å². The summed E-state index contributed by atoms with van der Waals surface area (Å²) in [5, 5.41) is 2.62. The Balaban J connectivity index is 2.52. The second-order valence-corrected chi connectivity index (χ2v) is 6.80. The molecule has 1 rings (SSSR count). The Kier molecular flexibility index (Phi) is 5.42. The molecule has 1 unspecified atom stereocenters. The van der Waals surface area contributed by atoms with E-state index < -0.39 is 17.7 Å². The van der Waals surface area contributed by atoms with Crippen LogP contribution >= 0.6 is 0 Å². The van der Waals surface area contributed by atoms with Gasteiger partial charge in [0, 0.05) is 0 Å². The van der Waals surface area contributed by atoms with Crippen LogP contribution in [0.4, 0.5) is 4.79 Å². The minimum atomic E-state index is -0.623. The number of ether oxygens (including phenoxy) is 2. The second kappa shape index (κ2) is 6.46. The molecule has 0 aliphatic heterocycles. The number of alkyl carbamates (subject to hydrolysis) is 1. The van der Waals surface area contributed by atoms with Gasteiger partial charge in [-0.3, -0.25) is 0 Å². The fraction of sp³-hybridized carbons (Fsp3) is 0.867. The van der Waals surface area contributed by atoms with Gasteiger partial charge in [-0.15, -0.1) is 0 Å². The Morgan fingerprint density at radius 3 is 2.35 bits per heavy atom. The molecule has 1 aliphatic carbocycles. The highest BCUT2D eigenvalue weighted by Crippen LogP contribution is 2.49. The van der Waals surface area contributed by atoms with E-state index in [0.29, 0.717) is 18.4 Å². The number of rotatable bonds is 6. The first-order chi connectivity index (χ1) is 9.15. The Morgan fingerprint density at radius 2 is 1.90 bits per heavy atom. The van der Waals surface area contributed by atoms with Gasteiger partial charge in [-0.2, -0.15) is 0 Å². The highest BCUT2D eigenvalue weighted by molar-refractivity contribution is 5.81. The van der Waals surface area contributed by atoms with E-state index in [1.165, 1.54) is 12.8 Å². The summed E-state index contributed by atoms with van der Waals surface area (Å²) in [4.78, 5) is 23.7. The van der Waals surface area contributed by atoms with Gasteiger partial charge in [0.25, 0.3) is 0 Å². The predicted octanol–water partition coefficient (Wildman–Crippen LogP) is 3.02. The normalized spacial score (nSPS) is 18.1. The number of esters is 1. The minimum absolute atomic E-state index is 0.308. The quantitative estimate of drug-likeness (QED) is 0.762. The zero-order valence-corrected chi connectivity index (χ0v) is 13.2. The molecule has 0 saturated heterocycles. The van der Waals surface area contributed by atoms with E-state index in [9.17, 15) is 9.59 Å². The molecule has 0 aromatic heterocycles. The molecule has 0 bridgehead atoms. The molecule has 0 radical (unpaired) electrons. The SMILES string of the molecule is CCOC(=O)C(CCC1(C)CC1)NC(=O)OC(C)(C)C. The van der Waals surface area contributed by atoms with Crippen LogP contribution in [0.2, 0.25) is 0 Å². The number of carbonyl (C=O) groups excluding carboxylic acids is 2. The molecule has 1 atom stereocenters. The Labute approximate surface area is 121 Å². The molecular weight excluding hydrogens is 258 g/mol. The Hall–Kier alpha value is -1.26. The van der Waals surface area contributed by atoms with Crippen LogP contribution in [0.15, 0.2) is 0 Å². The van der Waals surface area contributed by atoms with Crippen molar-refractivity contribution in [2.75, 3.05) is 6.61 Å². The monoisotopic (exact) mass is 285 g/mol. The summed E-state index contributed by atoms with van der Waals surface area (Å²) in [6, 6.07) is -0.623. The molecule has 1 amide bonds. The second-order valence-electron chi connectivity index (χ2n) is 6.80. The lowest BCUT2D eigenvalue weighted by molar-refractivity contribution is -0.145. The van der Waals surface area contributed by atoms with Crippen molar-refractivity contribution in [3.8, 4) is 0 Å². The van der Waals surface area contributed by atoms with Crippen molar-refractivity contribution in [2.45, 2.75) is 71.9 Å². The molecule has 20 heavy (non-hydrogen) atoms. The molecule has 0 heterocycles. The lowest BCUT2D eigenvalue weighted by Gasteiger charge is -2.23. The summed E-state index contributed by atoms with van der Waals surface area (Å²) in [7, 11) is 0. The number of amides is 1. The molecular formula is C15H27NO4. The van der Waals surface area contributed by atoms with Gasteiger partial charge in [0.15, 0.2) is 0 Å². The Morgan fingerprint density at radius 1 is 1.30 bits per heavy atom. The van der Waals surface area contributed by atoms with E-state index in [4.69, 9.17) is 9.47 Å². The zero-order chi connectivity index (χ0) is 15.4. The maximum absolute atomic E-state index is 11.9.